The van der Waals surface area contributed by atoms with E-state index in [2.05, 4.69) is 39.1 Å². The molecule has 2 aliphatic heterocycles. The molecule has 3 aliphatic rings. The quantitative estimate of drug-likeness (QED) is 0.744. The second-order valence-electron chi connectivity index (χ2n) is 9.38. The van der Waals surface area contributed by atoms with E-state index in [1.165, 1.54) is 0 Å². The molecule has 2 saturated heterocycles. The molecule has 0 bridgehead atoms. The number of aryl methyl sites for hydroxylation is 1. The Morgan fingerprint density at radius 2 is 1.80 bits per heavy atom. The molecule has 0 radical (unpaired) electrons. The minimum Gasteiger partial charge on any atom is -0.354 e. The second kappa shape index (κ2) is 6.54. The van der Waals surface area contributed by atoms with Gasteiger partial charge in [0.15, 0.2) is 5.82 Å². The van der Waals surface area contributed by atoms with Crippen molar-refractivity contribution in [3.63, 3.8) is 0 Å². The monoisotopic (exact) mass is 451 g/mol. The Morgan fingerprint density at radius 1 is 1.13 bits per heavy atom. The van der Waals surface area contributed by atoms with Crippen LogP contribution >= 0.6 is 11.6 Å². The van der Waals surface area contributed by atoms with Gasteiger partial charge in [0, 0.05) is 50.3 Å². The molecule has 4 heterocycles. The third-order valence-electron chi connectivity index (χ3n) is 6.88. The molecule has 9 nitrogen and oxygen atoms in total. The van der Waals surface area contributed by atoms with Crippen molar-refractivity contribution in [2.24, 2.45) is 17.9 Å². The van der Waals surface area contributed by atoms with Gasteiger partial charge >= 0.3 is 0 Å². The number of anilines is 3. The second-order valence-corrected chi connectivity index (χ2v) is 12.0. The predicted octanol–water partition coefficient (Wildman–Crippen LogP) is 2.25. The molecule has 2 atom stereocenters. The number of nitrogens with one attached hydrogen (secondary N) is 1. The van der Waals surface area contributed by atoms with Gasteiger partial charge in [0.1, 0.15) is 5.02 Å². The highest BCUT2D eigenvalue weighted by Crippen LogP contribution is 2.54. The third kappa shape index (κ3) is 3.16. The third-order valence-corrected chi connectivity index (χ3v) is 9.44. The van der Waals surface area contributed by atoms with Crippen LogP contribution in [0.2, 0.25) is 5.02 Å². The fourth-order valence-electron chi connectivity index (χ4n) is 4.76. The van der Waals surface area contributed by atoms with Gasteiger partial charge in [-0.1, -0.05) is 25.4 Å². The van der Waals surface area contributed by atoms with Gasteiger partial charge in [0.2, 0.25) is 16.0 Å². The number of sulfonamides is 1. The molecule has 1 aliphatic carbocycles. The molecule has 2 aromatic heterocycles. The van der Waals surface area contributed by atoms with Crippen LogP contribution in [0.15, 0.2) is 18.6 Å². The average Bonchev–Trinajstić information content (AvgIpc) is 3.34. The van der Waals surface area contributed by atoms with Crippen LogP contribution < -0.4 is 10.2 Å². The maximum absolute atomic E-state index is 12.8. The van der Waals surface area contributed by atoms with Gasteiger partial charge in [-0.2, -0.15) is 10.1 Å². The number of halogens is 1. The van der Waals surface area contributed by atoms with Crippen molar-refractivity contribution < 1.29 is 8.42 Å². The summed E-state index contributed by atoms with van der Waals surface area (Å²) in [5.41, 5.74) is 0.462. The number of nitrogens with zero attached hydrogens (tertiary/aromatic N) is 6. The van der Waals surface area contributed by atoms with Crippen LogP contribution in [0.25, 0.3) is 0 Å². The minimum absolute atomic E-state index is 0.166. The van der Waals surface area contributed by atoms with Crippen LogP contribution in [0.5, 0.6) is 0 Å². The molecule has 162 valence electrons. The van der Waals surface area contributed by atoms with Gasteiger partial charge in [-0.25, -0.2) is 17.7 Å². The Hall–Kier alpha value is -1.91. The lowest BCUT2D eigenvalue weighted by molar-refractivity contribution is 0.212. The van der Waals surface area contributed by atoms with Crippen LogP contribution in [-0.4, -0.2) is 63.9 Å². The summed E-state index contributed by atoms with van der Waals surface area (Å²) < 4.78 is 29.0. The van der Waals surface area contributed by atoms with E-state index in [1.54, 1.807) is 21.4 Å². The van der Waals surface area contributed by atoms with Crippen LogP contribution in [0.4, 0.5) is 17.5 Å². The fourth-order valence-corrected chi connectivity index (χ4v) is 7.05. The lowest BCUT2D eigenvalue weighted by atomic mass is 9.71. The standard InChI is InChI=1S/C19H26ClN7O2S/c1-18-9-26(10-19(18,2)12-27(11-18)30(28,29)14-4-5-14)16-15(20)7-21-17(24-16)23-13-6-22-25(3)8-13/h6-8,14H,4-5,9-12H2,1-3H3,(H,21,23,24)/t18-,19+. The van der Waals surface area contributed by atoms with Crippen LogP contribution in [0.3, 0.4) is 0 Å². The molecule has 30 heavy (non-hydrogen) atoms. The lowest BCUT2D eigenvalue weighted by Crippen LogP contribution is -2.37. The van der Waals surface area contributed by atoms with E-state index in [0.717, 1.165) is 18.5 Å². The van der Waals surface area contributed by atoms with E-state index < -0.39 is 10.0 Å². The van der Waals surface area contributed by atoms with Crippen LogP contribution in [0, 0.1) is 10.8 Å². The molecule has 11 heteroatoms. The molecule has 0 spiro atoms. The van der Waals surface area contributed by atoms with Gasteiger partial charge < -0.3 is 10.2 Å². The van der Waals surface area contributed by atoms with Gasteiger partial charge in [0.25, 0.3) is 0 Å². The van der Waals surface area contributed by atoms with Crippen molar-refractivity contribution in [3.05, 3.63) is 23.6 Å². The molecule has 3 fully saturated rings. The number of fused-ring (bicyclic) bond motifs is 1. The van der Waals surface area contributed by atoms with E-state index in [0.29, 0.717) is 43.0 Å². The van der Waals surface area contributed by atoms with Gasteiger partial charge in [-0.3, -0.25) is 4.68 Å². The average molecular weight is 452 g/mol. The van der Waals surface area contributed by atoms with Crippen molar-refractivity contribution >= 4 is 39.1 Å². The zero-order valence-electron chi connectivity index (χ0n) is 17.3. The number of hydrogen-bond donors (Lipinski definition) is 1. The van der Waals surface area contributed by atoms with Crippen molar-refractivity contribution in [1.82, 2.24) is 24.1 Å². The maximum atomic E-state index is 12.8. The van der Waals surface area contributed by atoms with Crippen molar-refractivity contribution in [2.45, 2.75) is 31.9 Å². The largest absolute Gasteiger partial charge is 0.354 e. The highest BCUT2D eigenvalue weighted by molar-refractivity contribution is 7.90. The van der Waals surface area contributed by atoms with E-state index in [1.807, 2.05) is 13.2 Å². The summed E-state index contributed by atoms with van der Waals surface area (Å²) in [7, 11) is -1.32. The van der Waals surface area contributed by atoms with Crippen molar-refractivity contribution in [1.29, 1.82) is 0 Å². The predicted molar refractivity (Wildman–Crippen MR) is 115 cm³/mol. The number of rotatable bonds is 5. The lowest BCUT2D eigenvalue weighted by Gasteiger charge is -2.30. The van der Waals surface area contributed by atoms with E-state index in [-0.39, 0.29) is 16.1 Å². The zero-order chi connectivity index (χ0) is 21.3. The molecular formula is C19H26ClN7O2S. The Balaban J connectivity index is 1.38. The summed E-state index contributed by atoms with van der Waals surface area (Å²) in [5, 5.41) is 7.61. The summed E-state index contributed by atoms with van der Waals surface area (Å²) in [5.74, 6) is 1.12. The number of hydrogen-bond acceptors (Lipinski definition) is 7. The topological polar surface area (TPSA) is 96.2 Å². The Labute approximate surface area is 181 Å². The van der Waals surface area contributed by atoms with Gasteiger partial charge in [-0.05, 0) is 12.8 Å². The van der Waals surface area contributed by atoms with E-state index in [4.69, 9.17) is 11.6 Å². The summed E-state index contributed by atoms with van der Waals surface area (Å²) in [6.45, 7) is 6.84. The summed E-state index contributed by atoms with van der Waals surface area (Å²) in [6, 6.07) is 0. The minimum atomic E-state index is -3.17. The van der Waals surface area contributed by atoms with Crippen LogP contribution in [-0.2, 0) is 17.1 Å². The van der Waals surface area contributed by atoms with Gasteiger partial charge in [-0.15, -0.1) is 0 Å². The molecule has 0 aromatic carbocycles. The van der Waals surface area contributed by atoms with E-state index in [9.17, 15) is 8.42 Å². The number of aromatic nitrogens is 4. The van der Waals surface area contributed by atoms with Crippen molar-refractivity contribution in [2.75, 3.05) is 36.4 Å². The van der Waals surface area contributed by atoms with E-state index >= 15 is 0 Å². The summed E-state index contributed by atoms with van der Waals surface area (Å²) in [6.07, 6.45) is 6.73. The normalized spacial score (nSPS) is 29.4. The fraction of sp³-hybridized carbons (Fsp3) is 0.632. The summed E-state index contributed by atoms with van der Waals surface area (Å²) >= 11 is 6.46. The molecule has 5 rings (SSSR count). The Kier molecular flexibility index (Phi) is 4.37. The first-order valence-electron chi connectivity index (χ1n) is 10.1. The first-order chi connectivity index (χ1) is 14.1. The smallest absolute Gasteiger partial charge is 0.229 e. The Morgan fingerprint density at radius 3 is 2.37 bits per heavy atom. The van der Waals surface area contributed by atoms with Crippen molar-refractivity contribution in [3.8, 4) is 0 Å². The molecule has 2 aromatic rings. The Bertz CT molecular complexity index is 1080. The first-order valence-corrected chi connectivity index (χ1v) is 12.0. The SMILES string of the molecule is Cn1cc(Nc2ncc(Cl)c(N3C[C@@]4(C)CN(S(=O)(=O)C5CC5)C[C@@]4(C)C3)n2)cn1. The summed E-state index contributed by atoms with van der Waals surface area (Å²) in [4.78, 5) is 11.1. The first kappa shape index (κ1) is 20.0. The van der Waals surface area contributed by atoms with Gasteiger partial charge in [0.05, 0.1) is 23.3 Å². The highest BCUT2D eigenvalue weighted by atomic mass is 35.5. The molecule has 1 N–H and O–H groups in total. The zero-order valence-corrected chi connectivity index (χ0v) is 18.9. The molecule has 1 saturated carbocycles. The molecule has 0 amide bonds. The maximum Gasteiger partial charge on any atom is 0.229 e. The highest BCUT2D eigenvalue weighted by Gasteiger charge is 2.61. The van der Waals surface area contributed by atoms with Crippen LogP contribution in [0.1, 0.15) is 26.7 Å². The molecular weight excluding hydrogens is 426 g/mol. The molecule has 0 unspecified atom stereocenters.